The van der Waals surface area contributed by atoms with Crippen LogP contribution in [0.1, 0.15) is 28.8 Å². The number of nitrogens with one attached hydrogen (secondary N) is 1. The third-order valence-corrected chi connectivity index (χ3v) is 7.40. The van der Waals surface area contributed by atoms with E-state index in [2.05, 4.69) is 5.32 Å². The van der Waals surface area contributed by atoms with Gasteiger partial charge in [0.1, 0.15) is 0 Å². The van der Waals surface area contributed by atoms with Crippen molar-refractivity contribution in [3.05, 3.63) is 53.6 Å². The molecular formula is C26H32ClN9O2. The van der Waals surface area contributed by atoms with Crippen molar-refractivity contribution in [3.63, 3.8) is 0 Å². The first-order valence-corrected chi connectivity index (χ1v) is 12.6. The number of carbonyl (C=O) groups excluding carboxylic acids is 1. The zero-order chi connectivity index (χ0) is 25.7. The standard InChI is InChI=1S/C26H31N9O2.ClH/c27-11-21-22(36)7-8-35(21)26-32-24(31-25(33-26)34-12-14(28)9-15(29)13-34)30-16-5-6-19-20(10-16)17-3-1-2-4-18(17)23(19)37;/h1-6,10,14-15,21-22,36H,7-9,11-13,27-29H2,(H,30,31,32,33);1H/t14-,15+,21-,22-;/m0./s1. The summed E-state index contributed by atoms with van der Waals surface area (Å²) in [6, 6.07) is 12.8. The van der Waals surface area contributed by atoms with E-state index in [1.54, 1.807) is 0 Å². The smallest absolute Gasteiger partial charge is 0.233 e. The van der Waals surface area contributed by atoms with Crippen LogP contribution in [-0.4, -0.2) is 76.3 Å². The first-order chi connectivity index (χ1) is 17.9. The van der Waals surface area contributed by atoms with E-state index < -0.39 is 6.10 Å². The van der Waals surface area contributed by atoms with Crippen molar-refractivity contribution < 1.29 is 9.90 Å². The van der Waals surface area contributed by atoms with E-state index in [9.17, 15) is 9.90 Å². The molecule has 8 N–H and O–H groups in total. The van der Waals surface area contributed by atoms with Crippen LogP contribution < -0.4 is 32.3 Å². The molecule has 11 nitrogen and oxygen atoms in total. The zero-order valence-electron chi connectivity index (χ0n) is 20.8. The Morgan fingerprint density at radius 3 is 2.37 bits per heavy atom. The lowest BCUT2D eigenvalue weighted by molar-refractivity contribution is 0.104. The lowest BCUT2D eigenvalue weighted by atomic mass is 10.0. The summed E-state index contributed by atoms with van der Waals surface area (Å²) in [6.45, 7) is 2.03. The number of fused-ring (bicyclic) bond motifs is 3. The van der Waals surface area contributed by atoms with E-state index in [1.165, 1.54) is 0 Å². The molecule has 0 saturated carbocycles. The first kappa shape index (κ1) is 26.3. The van der Waals surface area contributed by atoms with Crippen molar-refractivity contribution in [1.29, 1.82) is 0 Å². The molecule has 3 heterocycles. The Hall–Kier alpha value is -3.35. The van der Waals surface area contributed by atoms with Gasteiger partial charge in [-0.15, -0.1) is 12.4 Å². The van der Waals surface area contributed by atoms with Crippen LogP contribution in [-0.2, 0) is 0 Å². The Balaban J connectivity index is 0.00000294. The van der Waals surface area contributed by atoms with Crippen molar-refractivity contribution in [2.75, 3.05) is 41.3 Å². The van der Waals surface area contributed by atoms with Gasteiger partial charge in [-0.3, -0.25) is 4.79 Å². The molecule has 0 spiro atoms. The normalized spacial score (nSPS) is 24.2. The van der Waals surface area contributed by atoms with E-state index in [-0.39, 0.29) is 42.9 Å². The summed E-state index contributed by atoms with van der Waals surface area (Å²) < 4.78 is 0. The van der Waals surface area contributed by atoms with Crippen LogP contribution in [0.5, 0.6) is 0 Å². The second-order valence-corrected chi connectivity index (χ2v) is 10.0. The molecule has 1 aliphatic carbocycles. The molecule has 12 heteroatoms. The summed E-state index contributed by atoms with van der Waals surface area (Å²) in [5.41, 5.74) is 22.4. The highest BCUT2D eigenvalue weighted by Gasteiger charge is 2.35. The average Bonchev–Trinajstić information content (AvgIpc) is 3.40. The number of hydrogen-bond donors (Lipinski definition) is 5. The Morgan fingerprint density at radius 1 is 0.947 bits per heavy atom. The Labute approximate surface area is 226 Å². The zero-order valence-corrected chi connectivity index (χ0v) is 21.6. The fourth-order valence-electron chi connectivity index (χ4n) is 5.62. The van der Waals surface area contributed by atoms with Crippen LogP contribution in [0.2, 0.25) is 0 Å². The molecule has 1 aromatic heterocycles. The highest BCUT2D eigenvalue weighted by molar-refractivity contribution is 6.22. The van der Waals surface area contributed by atoms with Crippen molar-refractivity contribution in [2.24, 2.45) is 17.2 Å². The van der Waals surface area contributed by atoms with Crippen molar-refractivity contribution in [2.45, 2.75) is 37.1 Å². The lowest BCUT2D eigenvalue weighted by Gasteiger charge is -2.35. The highest BCUT2D eigenvalue weighted by Crippen LogP contribution is 2.38. The number of benzene rings is 2. The number of nitrogens with two attached hydrogens (primary N) is 3. The monoisotopic (exact) mass is 537 g/mol. The van der Waals surface area contributed by atoms with Crippen molar-refractivity contribution >= 4 is 41.7 Å². The molecule has 0 unspecified atom stereocenters. The van der Waals surface area contributed by atoms with Crippen LogP contribution in [0.4, 0.5) is 23.5 Å². The van der Waals surface area contributed by atoms with Gasteiger partial charge in [-0.1, -0.05) is 24.3 Å². The van der Waals surface area contributed by atoms with E-state index in [4.69, 9.17) is 32.2 Å². The van der Waals surface area contributed by atoms with Gasteiger partial charge in [0.15, 0.2) is 5.78 Å². The second kappa shape index (κ2) is 10.4. The fourth-order valence-corrected chi connectivity index (χ4v) is 5.62. The van der Waals surface area contributed by atoms with E-state index in [0.29, 0.717) is 55.0 Å². The first-order valence-electron chi connectivity index (χ1n) is 12.6. The van der Waals surface area contributed by atoms with Gasteiger partial charge in [-0.25, -0.2) is 0 Å². The van der Waals surface area contributed by atoms with Crippen molar-refractivity contribution in [1.82, 2.24) is 15.0 Å². The number of anilines is 4. The minimum Gasteiger partial charge on any atom is -0.391 e. The minimum atomic E-state index is -0.548. The summed E-state index contributed by atoms with van der Waals surface area (Å²) in [4.78, 5) is 30.9. The molecule has 0 bridgehead atoms. The molecule has 6 rings (SSSR count). The number of aromatic nitrogens is 3. The minimum absolute atomic E-state index is 0. The van der Waals surface area contributed by atoms with Crippen LogP contribution >= 0.6 is 12.4 Å². The molecule has 2 aliphatic heterocycles. The van der Waals surface area contributed by atoms with Crippen molar-refractivity contribution in [3.8, 4) is 11.1 Å². The number of rotatable bonds is 5. The molecule has 3 aromatic rings. The number of carbonyl (C=O) groups is 1. The van der Waals surface area contributed by atoms with Gasteiger partial charge in [-0.2, -0.15) is 15.0 Å². The third kappa shape index (κ3) is 4.67. The summed E-state index contributed by atoms with van der Waals surface area (Å²) in [6.07, 6.45) is 0.777. The maximum atomic E-state index is 12.8. The largest absolute Gasteiger partial charge is 0.391 e. The third-order valence-electron chi connectivity index (χ3n) is 7.40. The maximum Gasteiger partial charge on any atom is 0.233 e. The molecule has 4 atom stereocenters. The summed E-state index contributed by atoms with van der Waals surface area (Å²) in [5, 5.41) is 13.7. The van der Waals surface area contributed by atoms with Gasteiger partial charge < -0.3 is 37.4 Å². The summed E-state index contributed by atoms with van der Waals surface area (Å²) >= 11 is 0. The topological polar surface area (TPSA) is 173 Å². The van der Waals surface area contributed by atoms with E-state index in [0.717, 1.165) is 23.2 Å². The quantitative estimate of drug-likeness (QED) is 0.246. The molecule has 38 heavy (non-hydrogen) atoms. The number of hydrogen-bond acceptors (Lipinski definition) is 11. The summed E-state index contributed by atoms with van der Waals surface area (Å²) in [7, 11) is 0. The molecular weight excluding hydrogens is 506 g/mol. The van der Waals surface area contributed by atoms with Gasteiger partial charge in [-0.05, 0) is 42.2 Å². The van der Waals surface area contributed by atoms with E-state index >= 15 is 0 Å². The van der Waals surface area contributed by atoms with Gasteiger partial charge in [0.2, 0.25) is 17.8 Å². The molecule has 0 radical (unpaired) electrons. The number of aliphatic hydroxyl groups is 1. The Bertz CT molecular complexity index is 1350. The Kier molecular flexibility index (Phi) is 7.21. The predicted molar refractivity (Wildman–Crippen MR) is 149 cm³/mol. The van der Waals surface area contributed by atoms with E-state index in [1.807, 2.05) is 52.3 Å². The molecule has 0 amide bonds. The second-order valence-electron chi connectivity index (χ2n) is 10.0. The van der Waals surface area contributed by atoms with Gasteiger partial charge in [0.05, 0.1) is 12.1 Å². The molecule has 3 aliphatic rings. The molecule has 2 fully saturated rings. The number of piperidine rings is 1. The van der Waals surface area contributed by atoms with Gasteiger partial charge >= 0.3 is 0 Å². The SMILES string of the molecule is Cl.NC[C@H]1[C@@H](O)CCN1c1nc(Nc2ccc3c(c2)-c2ccccc2C3=O)nc(N2C[C@H](N)C[C@H](N)C2)n1. The molecule has 2 saturated heterocycles. The van der Waals surface area contributed by atoms with Gasteiger partial charge in [0.25, 0.3) is 0 Å². The molecule has 2 aromatic carbocycles. The predicted octanol–water partition coefficient (Wildman–Crippen LogP) is 1.01. The lowest BCUT2D eigenvalue weighted by Crippen LogP contribution is -2.53. The number of nitrogens with zero attached hydrogens (tertiary/aromatic N) is 5. The molecule has 200 valence electrons. The van der Waals surface area contributed by atoms with Crippen LogP contribution in [0, 0.1) is 0 Å². The van der Waals surface area contributed by atoms with Crippen LogP contribution in [0.3, 0.4) is 0 Å². The van der Waals surface area contributed by atoms with Crippen LogP contribution in [0.25, 0.3) is 11.1 Å². The maximum absolute atomic E-state index is 12.8. The highest BCUT2D eigenvalue weighted by atomic mass is 35.5. The fraction of sp³-hybridized carbons (Fsp3) is 0.385. The Morgan fingerprint density at radius 2 is 1.63 bits per heavy atom. The number of ketones is 1. The average molecular weight is 538 g/mol. The van der Waals surface area contributed by atoms with Gasteiger partial charge in [0, 0.05) is 55.1 Å². The number of aliphatic hydroxyl groups excluding tert-OH is 1. The summed E-state index contributed by atoms with van der Waals surface area (Å²) in [5.74, 6) is 1.29. The van der Waals surface area contributed by atoms with Crippen LogP contribution in [0.15, 0.2) is 42.5 Å². The number of halogens is 1.